The Morgan fingerprint density at radius 2 is 1.57 bits per heavy atom. The third-order valence-corrected chi connectivity index (χ3v) is 5.71. The van der Waals surface area contributed by atoms with Gasteiger partial charge in [0.05, 0.1) is 0 Å². The molecule has 0 unspecified atom stereocenters. The van der Waals surface area contributed by atoms with Gasteiger partial charge in [0, 0.05) is 16.6 Å². The van der Waals surface area contributed by atoms with E-state index in [1.165, 1.54) is 38.9 Å². The van der Waals surface area contributed by atoms with Gasteiger partial charge in [0.15, 0.2) is 0 Å². The summed E-state index contributed by atoms with van der Waals surface area (Å²) in [5.41, 5.74) is 7.66. The number of rotatable bonds is 9. The number of hydrogen-bond donors (Lipinski definition) is 3. The molecule has 0 atom stereocenters. The number of benzene rings is 3. The van der Waals surface area contributed by atoms with E-state index in [0.717, 1.165) is 38.8 Å². The Morgan fingerprint density at radius 3 is 2.37 bits per heavy atom. The van der Waals surface area contributed by atoms with Crippen molar-refractivity contribution in [3.8, 4) is 17.0 Å². The number of fused-ring (bicyclic) bond motifs is 1. The molecule has 0 bridgehead atoms. The van der Waals surface area contributed by atoms with Crippen LogP contribution in [-0.2, 0) is 12.8 Å². The molecule has 0 spiro atoms. The maximum absolute atomic E-state index is 9.36. The second-order valence-electron chi connectivity index (χ2n) is 8.01. The average molecular weight is 399 g/mol. The summed E-state index contributed by atoms with van der Waals surface area (Å²) in [6.07, 6.45) is 4.37. The molecule has 1 aromatic heterocycles. The predicted octanol–water partition coefficient (Wildman–Crippen LogP) is 6.00. The maximum atomic E-state index is 9.36. The third kappa shape index (κ3) is 4.92. The van der Waals surface area contributed by atoms with Crippen molar-refractivity contribution in [2.45, 2.75) is 32.6 Å². The monoisotopic (exact) mass is 398 g/mol. The van der Waals surface area contributed by atoms with E-state index in [0.29, 0.717) is 5.75 Å². The number of para-hydroxylation sites is 1. The fourth-order valence-electron chi connectivity index (χ4n) is 4.01. The second-order valence-corrected chi connectivity index (χ2v) is 8.01. The van der Waals surface area contributed by atoms with Crippen molar-refractivity contribution in [3.63, 3.8) is 0 Å². The summed E-state index contributed by atoms with van der Waals surface area (Å²) in [5.74, 6) is 0.336. The molecule has 3 N–H and O–H groups in total. The summed E-state index contributed by atoms with van der Waals surface area (Å²) in [5, 5.41) is 14.3. The number of unbranched alkanes of at least 4 members (excludes halogenated alkanes) is 1. The molecule has 30 heavy (non-hydrogen) atoms. The van der Waals surface area contributed by atoms with E-state index in [1.54, 1.807) is 12.1 Å². The number of H-pyrrole nitrogens is 1. The van der Waals surface area contributed by atoms with Gasteiger partial charge in [-0.25, -0.2) is 0 Å². The molecular weight excluding hydrogens is 368 g/mol. The zero-order valence-corrected chi connectivity index (χ0v) is 17.6. The third-order valence-electron chi connectivity index (χ3n) is 5.71. The number of hydrogen-bond acceptors (Lipinski definition) is 2. The zero-order valence-electron chi connectivity index (χ0n) is 17.6. The number of nitrogens with one attached hydrogen (secondary N) is 2. The molecule has 0 amide bonds. The van der Waals surface area contributed by atoms with Crippen molar-refractivity contribution in [1.29, 1.82) is 0 Å². The largest absolute Gasteiger partial charge is 0.508 e. The molecule has 1 heterocycles. The van der Waals surface area contributed by atoms with Crippen molar-refractivity contribution in [1.82, 2.24) is 10.3 Å². The predicted molar refractivity (Wildman–Crippen MR) is 126 cm³/mol. The van der Waals surface area contributed by atoms with Crippen molar-refractivity contribution >= 4 is 10.9 Å². The minimum Gasteiger partial charge on any atom is -0.508 e. The Balaban J connectivity index is 1.32. The van der Waals surface area contributed by atoms with Crippen LogP contribution in [-0.4, -0.2) is 23.2 Å². The molecule has 0 radical (unpaired) electrons. The van der Waals surface area contributed by atoms with Crippen LogP contribution in [0.5, 0.6) is 5.75 Å². The van der Waals surface area contributed by atoms with Crippen molar-refractivity contribution in [2.75, 3.05) is 13.1 Å². The van der Waals surface area contributed by atoms with E-state index >= 15 is 0 Å². The Bertz CT molecular complexity index is 1080. The van der Waals surface area contributed by atoms with Gasteiger partial charge >= 0.3 is 0 Å². The van der Waals surface area contributed by atoms with Gasteiger partial charge in [0.25, 0.3) is 0 Å². The summed E-state index contributed by atoms with van der Waals surface area (Å²) in [6.45, 7) is 4.13. The van der Waals surface area contributed by atoms with E-state index in [-0.39, 0.29) is 0 Å². The number of aromatic hydroxyl groups is 1. The van der Waals surface area contributed by atoms with Gasteiger partial charge < -0.3 is 15.4 Å². The molecule has 0 aliphatic heterocycles. The standard InChI is InChI=1S/C27H30N2O/c1-20-9-13-22(14-10-20)27-25(24-7-2-3-8-26(24)29-27)17-19-28-18-5-4-6-21-11-15-23(30)16-12-21/h2-3,7-16,28-30H,4-6,17-19H2,1H3. The molecular formula is C27H30N2O. The van der Waals surface area contributed by atoms with Crippen molar-refractivity contribution in [3.05, 3.63) is 89.5 Å². The number of phenols is 1. The van der Waals surface area contributed by atoms with Crippen LogP contribution in [0, 0.1) is 6.92 Å². The van der Waals surface area contributed by atoms with Crippen LogP contribution < -0.4 is 5.32 Å². The van der Waals surface area contributed by atoms with E-state index < -0.39 is 0 Å². The molecule has 0 aliphatic rings. The maximum Gasteiger partial charge on any atom is 0.115 e. The summed E-state index contributed by atoms with van der Waals surface area (Å²) in [6, 6.07) is 24.9. The summed E-state index contributed by atoms with van der Waals surface area (Å²) >= 11 is 0. The summed E-state index contributed by atoms with van der Waals surface area (Å²) in [4.78, 5) is 3.64. The first-order chi connectivity index (χ1) is 14.7. The summed E-state index contributed by atoms with van der Waals surface area (Å²) in [7, 11) is 0. The molecule has 154 valence electrons. The first kappa shape index (κ1) is 20.2. The quantitative estimate of drug-likeness (QED) is 0.303. The van der Waals surface area contributed by atoms with Gasteiger partial charge in [-0.05, 0) is 80.6 Å². The van der Waals surface area contributed by atoms with Crippen LogP contribution in [0.3, 0.4) is 0 Å². The highest BCUT2D eigenvalue weighted by molar-refractivity contribution is 5.90. The van der Waals surface area contributed by atoms with Gasteiger partial charge in [0.1, 0.15) is 5.75 Å². The van der Waals surface area contributed by atoms with Crippen LogP contribution in [0.4, 0.5) is 0 Å². The smallest absolute Gasteiger partial charge is 0.115 e. The van der Waals surface area contributed by atoms with E-state index in [2.05, 4.69) is 65.8 Å². The minimum absolute atomic E-state index is 0.336. The van der Waals surface area contributed by atoms with Crippen LogP contribution in [0.25, 0.3) is 22.2 Å². The van der Waals surface area contributed by atoms with Crippen LogP contribution in [0.15, 0.2) is 72.8 Å². The highest BCUT2D eigenvalue weighted by Crippen LogP contribution is 2.30. The van der Waals surface area contributed by atoms with Crippen LogP contribution in [0.1, 0.15) is 29.5 Å². The highest BCUT2D eigenvalue weighted by atomic mass is 16.3. The van der Waals surface area contributed by atoms with Gasteiger partial charge in [-0.2, -0.15) is 0 Å². The molecule has 3 heteroatoms. The van der Waals surface area contributed by atoms with Crippen LogP contribution >= 0.6 is 0 Å². The molecule has 4 aromatic rings. The number of aryl methyl sites for hydroxylation is 2. The zero-order chi connectivity index (χ0) is 20.8. The first-order valence-corrected chi connectivity index (χ1v) is 10.9. The Labute approximate surface area is 178 Å². The Morgan fingerprint density at radius 1 is 0.800 bits per heavy atom. The lowest BCUT2D eigenvalue weighted by molar-refractivity contribution is 0.475. The SMILES string of the molecule is Cc1ccc(-c2[nH]c3ccccc3c2CCNCCCCc2ccc(O)cc2)cc1. The first-order valence-electron chi connectivity index (χ1n) is 10.9. The van der Waals surface area contributed by atoms with Crippen LogP contribution in [0.2, 0.25) is 0 Å². The minimum atomic E-state index is 0.336. The van der Waals surface area contributed by atoms with Gasteiger partial charge in [-0.15, -0.1) is 0 Å². The van der Waals surface area contributed by atoms with E-state index in [4.69, 9.17) is 0 Å². The lowest BCUT2D eigenvalue weighted by Crippen LogP contribution is -2.18. The molecule has 4 rings (SSSR count). The number of aromatic amines is 1. The van der Waals surface area contributed by atoms with E-state index in [9.17, 15) is 5.11 Å². The molecule has 0 saturated carbocycles. The lowest BCUT2D eigenvalue weighted by Gasteiger charge is -2.08. The average Bonchev–Trinajstić information content (AvgIpc) is 3.13. The Hall–Kier alpha value is -3.04. The van der Waals surface area contributed by atoms with Gasteiger partial charge in [-0.3, -0.25) is 0 Å². The molecule has 0 saturated heterocycles. The van der Waals surface area contributed by atoms with E-state index in [1.807, 2.05) is 12.1 Å². The highest BCUT2D eigenvalue weighted by Gasteiger charge is 2.12. The van der Waals surface area contributed by atoms with Gasteiger partial charge in [0.2, 0.25) is 0 Å². The normalized spacial score (nSPS) is 11.2. The second kappa shape index (κ2) is 9.64. The van der Waals surface area contributed by atoms with Crippen molar-refractivity contribution in [2.24, 2.45) is 0 Å². The fourth-order valence-corrected chi connectivity index (χ4v) is 4.01. The summed E-state index contributed by atoms with van der Waals surface area (Å²) < 4.78 is 0. The lowest BCUT2D eigenvalue weighted by atomic mass is 10.0. The number of phenolic OH excluding ortho intramolecular Hbond substituents is 1. The molecule has 3 aromatic carbocycles. The molecule has 0 aliphatic carbocycles. The topological polar surface area (TPSA) is 48.0 Å². The fraction of sp³-hybridized carbons (Fsp3) is 0.259. The van der Waals surface area contributed by atoms with Crippen molar-refractivity contribution < 1.29 is 5.11 Å². The van der Waals surface area contributed by atoms with Gasteiger partial charge in [-0.1, -0.05) is 60.2 Å². The Kier molecular flexibility index (Phi) is 6.50. The molecule has 3 nitrogen and oxygen atoms in total. The number of aromatic nitrogens is 1. The molecule has 0 fully saturated rings.